The number of anilines is 2. The van der Waals surface area contributed by atoms with Gasteiger partial charge in [0.2, 0.25) is 0 Å². The highest BCUT2D eigenvalue weighted by atomic mass is 32.2. The van der Waals surface area contributed by atoms with Crippen molar-refractivity contribution in [2.75, 3.05) is 23.4 Å². The lowest BCUT2D eigenvalue weighted by Crippen LogP contribution is -2.20. The summed E-state index contributed by atoms with van der Waals surface area (Å²) in [5.74, 6) is -2.91. The lowest BCUT2D eigenvalue weighted by Gasteiger charge is -2.11. The number of nitrogens with one attached hydrogen (secondary N) is 3. The van der Waals surface area contributed by atoms with Crippen molar-refractivity contribution in [1.29, 1.82) is 0 Å². The normalized spacial score (nSPS) is 10.3. The second kappa shape index (κ2) is 11.1. The fraction of sp³-hybridized carbons (Fsp3) is 0.0909. The van der Waals surface area contributed by atoms with Gasteiger partial charge in [-0.05, 0) is 36.4 Å². The van der Waals surface area contributed by atoms with E-state index in [2.05, 4.69) is 20.9 Å². The number of carboxylic acids is 1. The van der Waals surface area contributed by atoms with E-state index in [4.69, 9.17) is 9.84 Å². The minimum absolute atomic E-state index is 0.0969. The van der Waals surface area contributed by atoms with Crippen molar-refractivity contribution in [3.63, 3.8) is 0 Å². The number of carbonyl (C=O) groups is 3. The highest BCUT2D eigenvalue weighted by molar-refractivity contribution is 8.00. The molecule has 0 saturated heterocycles. The van der Waals surface area contributed by atoms with Gasteiger partial charge in [-0.1, -0.05) is 0 Å². The van der Waals surface area contributed by atoms with Gasteiger partial charge in [0.1, 0.15) is 28.8 Å². The number of halogens is 2. The number of hydrogen-bond donors (Lipinski definition) is 4. The van der Waals surface area contributed by atoms with Gasteiger partial charge in [0.25, 0.3) is 5.91 Å². The Morgan fingerprint density at radius 1 is 1.00 bits per heavy atom. The third kappa shape index (κ3) is 6.65. The number of thioether (sulfide) groups is 1. The molecule has 1 heterocycles. The number of carbonyl (C=O) groups excluding carboxylic acids is 2. The van der Waals surface area contributed by atoms with E-state index in [9.17, 15) is 23.2 Å². The molecule has 3 amide bonds. The Labute approximate surface area is 196 Å². The fourth-order valence-corrected chi connectivity index (χ4v) is 3.28. The van der Waals surface area contributed by atoms with E-state index >= 15 is 0 Å². The number of hydrogen-bond acceptors (Lipinski definition) is 6. The summed E-state index contributed by atoms with van der Waals surface area (Å²) >= 11 is 0.805. The van der Waals surface area contributed by atoms with Crippen LogP contribution in [-0.4, -0.2) is 40.8 Å². The molecule has 0 radical (unpaired) electrons. The Hall–Kier alpha value is -4.19. The van der Waals surface area contributed by atoms with Gasteiger partial charge in [0.15, 0.2) is 0 Å². The van der Waals surface area contributed by atoms with E-state index in [1.807, 2.05) is 0 Å². The predicted molar refractivity (Wildman–Crippen MR) is 122 cm³/mol. The molecule has 12 heteroatoms. The van der Waals surface area contributed by atoms with Crippen LogP contribution in [0.2, 0.25) is 0 Å². The summed E-state index contributed by atoms with van der Waals surface area (Å²) in [5, 5.41) is 15.8. The molecule has 1 aromatic heterocycles. The zero-order valence-electron chi connectivity index (χ0n) is 17.6. The average molecular weight is 488 g/mol. The first-order valence-corrected chi connectivity index (χ1v) is 10.6. The molecule has 9 nitrogen and oxygen atoms in total. The number of nitrogens with zero attached hydrogens (tertiary/aromatic N) is 1. The Kier molecular flexibility index (Phi) is 7.98. The number of rotatable bonds is 8. The van der Waals surface area contributed by atoms with Crippen LogP contribution in [0.25, 0.3) is 0 Å². The summed E-state index contributed by atoms with van der Waals surface area (Å²) in [6.07, 6.45) is 1.37. The molecular weight excluding hydrogens is 470 g/mol. The number of aliphatic carboxylic acids is 1. The first-order chi connectivity index (χ1) is 16.2. The molecule has 0 bridgehead atoms. The van der Waals surface area contributed by atoms with E-state index in [-0.39, 0.29) is 39.2 Å². The summed E-state index contributed by atoms with van der Waals surface area (Å²) in [6.45, 7) is 0. The maximum Gasteiger partial charge on any atom is 0.323 e. The van der Waals surface area contributed by atoms with Crippen LogP contribution in [0, 0.1) is 11.6 Å². The predicted octanol–water partition coefficient (Wildman–Crippen LogP) is 4.33. The van der Waals surface area contributed by atoms with Crippen molar-refractivity contribution < 1.29 is 33.0 Å². The molecule has 0 aliphatic rings. The molecule has 176 valence electrons. The largest absolute Gasteiger partial charge is 0.481 e. The van der Waals surface area contributed by atoms with Gasteiger partial charge in [0.05, 0.1) is 11.4 Å². The van der Waals surface area contributed by atoms with Gasteiger partial charge in [-0.3, -0.25) is 14.6 Å². The molecule has 0 aliphatic carbocycles. The molecule has 0 saturated carbocycles. The minimum atomic E-state index is -1.08. The molecule has 0 aliphatic heterocycles. The first-order valence-electron chi connectivity index (χ1n) is 9.63. The number of pyridine rings is 1. The van der Waals surface area contributed by atoms with Crippen molar-refractivity contribution in [1.82, 2.24) is 10.3 Å². The summed E-state index contributed by atoms with van der Waals surface area (Å²) in [5.41, 5.74) is 0.0692. The van der Waals surface area contributed by atoms with E-state index < -0.39 is 29.5 Å². The standard InChI is InChI=1S/C22H18F2N4O5S/c1-25-21(31)18-10-14(6-7-26-18)33-13-3-4-17(15(23)9-13)28-22(32)27-12-2-5-19(16(24)8-12)34-11-20(29)30/h2-10H,11H2,1H3,(H,25,31)(H,29,30)(H2,27,28,32). The lowest BCUT2D eigenvalue weighted by atomic mass is 10.2. The van der Waals surface area contributed by atoms with Crippen LogP contribution in [0.4, 0.5) is 25.0 Å². The topological polar surface area (TPSA) is 130 Å². The van der Waals surface area contributed by atoms with Gasteiger partial charge >= 0.3 is 12.0 Å². The molecule has 3 aromatic rings. The zero-order valence-corrected chi connectivity index (χ0v) is 18.4. The summed E-state index contributed by atoms with van der Waals surface area (Å²) in [4.78, 5) is 38.5. The van der Waals surface area contributed by atoms with E-state index in [0.717, 1.165) is 23.9 Å². The van der Waals surface area contributed by atoms with Gasteiger partial charge in [-0.2, -0.15) is 0 Å². The van der Waals surface area contributed by atoms with Gasteiger partial charge in [-0.25, -0.2) is 13.6 Å². The van der Waals surface area contributed by atoms with Crippen LogP contribution in [0.5, 0.6) is 11.5 Å². The first kappa shape index (κ1) is 24.5. The molecule has 0 fully saturated rings. The quantitative estimate of drug-likeness (QED) is 0.347. The van der Waals surface area contributed by atoms with Crippen molar-refractivity contribution in [3.05, 3.63) is 72.1 Å². The summed E-state index contributed by atoms with van der Waals surface area (Å²) < 4.78 is 34.1. The summed E-state index contributed by atoms with van der Waals surface area (Å²) in [7, 11) is 1.46. The Morgan fingerprint density at radius 2 is 1.76 bits per heavy atom. The molecule has 0 unspecified atom stereocenters. The van der Waals surface area contributed by atoms with Crippen molar-refractivity contribution in [3.8, 4) is 11.5 Å². The zero-order chi connectivity index (χ0) is 24.7. The maximum absolute atomic E-state index is 14.5. The number of aromatic nitrogens is 1. The molecular formula is C22H18F2N4O5S. The van der Waals surface area contributed by atoms with E-state index in [1.165, 1.54) is 49.6 Å². The number of amides is 3. The SMILES string of the molecule is CNC(=O)c1cc(Oc2ccc(NC(=O)Nc3ccc(SCC(=O)O)c(F)c3)c(F)c2)ccn1. The van der Waals surface area contributed by atoms with Crippen molar-refractivity contribution in [2.24, 2.45) is 0 Å². The van der Waals surface area contributed by atoms with Crippen LogP contribution in [0.3, 0.4) is 0 Å². The van der Waals surface area contributed by atoms with Gasteiger partial charge < -0.3 is 25.8 Å². The van der Waals surface area contributed by atoms with Gasteiger partial charge in [0, 0.05) is 36.0 Å². The molecule has 4 N–H and O–H groups in total. The van der Waals surface area contributed by atoms with Gasteiger partial charge in [-0.15, -0.1) is 11.8 Å². The van der Waals surface area contributed by atoms with Crippen LogP contribution in [-0.2, 0) is 4.79 Å². The van der Waals surface area contributed by atoms with Crippen molar-refractivity contribution in [2.45, 2.75) is 4.90 Å². The van der Waals surface area contributed by atoms with Crippen molar-refractivity contribution >= 4 is 41.0 Å². The summed E-state index contributed by atoms with van der Waals surface area (Å²) in [6, 6.07) is 9.55. The molecule has 0 atom stereocenters. The third-order valence-corrected chi connectivity index (χ3v) is 5.19. The Balaban J connectivity index is 1.62. The second-order valence-corrected chi connectivity index (χ2v) is 7.62. The smallest absolute Gasteiger partial charge is 0.323 e. The molecule has 0 spiro atoms. The monoisotopic (exact) mass is 488 g/mol. The van der Waals surface area contributed by atoms with Crippen LogP contribution < -0.4 is 20.7 Å². The fourth-order valence-electron chi connectivity index (χ4n) is 2.64. The second-order valence-electron chi connectivity index (χ2n) is 6.61. The molecule has 34 heavy (non-hydrogen) atoms. The minimum Gasteiger partial charge on any atom is -0.481 e. The lowest BCUT2D eigenvalue weighted by molar-refractivity contribution is -0.133. The van der Waals surface area contributed by atoms with Crippen LogP contribution in [0.1, 0.15) is 10.5 Å². The number of benzene rings is 2. The molecule has 2 aromatic carbocycles. The van der Waals surface area contributed by atoms with Crippen LogP contribution in [0.15, 0.2) is 59.6 Å². The number of ether oxygens (including phenoxy) is 1. The Morgan fingerprint density at radius 3 is 2.44 bits per heavy atom. The molecule has 3 rings (SSSR count). The van der Waals surface area contributed by atoms with Crippen LogP contribution >= 0.6 is 11.8 Å². The highest BCUT2D eigenvalue weighted by Gasteiger charge is 2.12. The number of urea groups is 1. The van der Waals surface area contributed by atoms with E-state index in [0.29, 0.717) is 0 Å². The third-order valence-electron chi connectivity index (χ3n) is 4.16. The average Bonchev–Trinajstić information content (AvgIpc) is 2.80. The van der Waals surface area contributed by atoms with E-state index in [1.54, 1.807) is 0 Å². The number of carboxylic acid groups (broad SMARTS) is 1. The maximum atomic E-state index is 14.5. The highest BCUT2D eigenvalue weighted by Crippen LogP contribution is 2.27. The Bertz CT molecular complexity index is 1240.